The van der Waals surface area contributed by atoms with Crippen LogP contribution in [-0.2, 0) is 4.74 Å². The zero-order valence-corrected chi connectivity index (χ0v) is 8.89. The van der Waals surface area contributed by atoms with Gasteiger partial charge in [-0.25, -0.2) is 0 Å². The quantitative estimate of drug-likeness (QED) is 0.596. The number of hydrogen-bond donors (Lipinski definition) is 1. The van der Waals surface area contributed by atoms with E-state index in [4.69, 9.17) is 4.74 Å². The Morgan fingerprint density at radius 3 is 2.42 bits per heavy atom. The monoisotopic (exact) mass is 173 g/mol. The molecule has 0 saturated heterocycles. The molecule has 0 bridgehead atoms. The van der Waals surface area contributed by atoms with Gasteiger partial charge < -0.3 is 10.1 Å². The van der Waals surface area contributed by atoms with Crippen LogP contribution in [0.5, 0.6) is 0 Å². The van der Waals surface area contributed by atoms with Gasteiger partial charge in [0.15, 0.2) is 0 Å². The van der Waals surface area contributed by atoms with Gasteiger partial charge in [-0.15, -0.1) is 0 Å². The summed E-state index contributed by atoms with van der Waals surface area (Å²) in [5, 5.41) is 3.32. The highest BCUT2D eigenvalue weighted by Crippen LogP contribution is 1.99. The van der Waals surface area contributed by atoms with Crippen molar-refractivity contribution >= 4 is 0 Å². The van der Waals surface area contributed by atoms with Crippen LogP contribution in [0.2, 0.25) is 0 Å². The number of ether oxygens (including phenoxy) is 1. The van der Waals surface area contributed by atoms with Gasteiger partial charge in [0.1, 0.15) is 0 Å². The van der Waals surface area contributed by atoms with Crippen LogP contribution in [0.4, 0.5) is 0 Å². The molecule has 2 heteroatoms. The first kappa shape index (κ1) is 11.9. The van der Waals surface area contributed by atoms with Crippen molar-refractivity contribution in [2.45, 2.75) is 52.7 Å². The Hall–Kier alpha value is -0.0800. The van der Waals surface area contributed by atoms with Crippen molar-refractivity contribution in [2.24, 2.45) is 0 Å². The van der Waals surface area contributed by atoms with E-state index in [2.05, 4.69) is 33.0 Å². The standard InChI is InChI=1S/C10H23NO/c1-5-6-10(4)12-8-7-11-9(2)3/h9-11H,5-8H2,1-4H3. The van der Waals surface area contributed by atoms with Crippen LogP contribution in [0, 0.1) is 0 Å². The summed E-state index contributed by atoms with van der Waals surface area (Å²) in [5.41, 5.74) is 0. The molecule has 1 N–H and O–H groups in total. The molecule has 0 aromatic carbocycles. The molecule has 0 fully saturated rings. The van der Waals surface area contributed by atoms with E-state index in [1.165, 1.54) is 12.8 Å². The summed E-state index contributed by atoms with van der Waals surface area (Å²) in [7, 11) is 0. The average Bonchev–Trinajstić information content (AvgIpc) is 1.98. The lowest BCUT2D eigenvalue weighted by Crippen LogP contribution is -2.27. The molecule has 74 valence electrons. The van der Waals surface area contributed by atoms with Gasteiger partial charge in [-0.1, -0.05) is 27.2 Å². The molecule has 2 nitrogen and oxygen atoms in total. The zero-order chi connectivity index (χ0) is 9.40. The predicted molar refractivity (Wildman–Crippen MR) is 53.5 cm³/mol. The third-order valence-electron chi connectivity index (χ3n) is 1.75. The molecule has 0 amide bonds. The van der Waals surface area contributed by atoms with Crippen molar-refractivity contribution in [2.75, 3.05) is 13.2 Å². The van der Waals surface area contributed by atoms with Gasteiger partial charge in [0.2, 0.25) is 0 Å². The molecule has 0 aliphatic carbocycles. The second-order valence-electron chi connectivity index (χ2n) is 3.58. The number of rotatable bonds is 7. The van der Waals surface area contributed by atoms with Crippen LogP contribution in [0.1, 0.15) is 40.5 Å². The molecule has 12 heavy (non-hydrogen) atoms. The predicted octanol–water partition coefficient (Wildman–Crippen LogP) is 2.19. The fraction of sp³-hybridized carbons (Fsp3) is 1.00. The van der Waals surface area contributed by atoms with Gasteiger partial charge in [0.25, 0.3) is 0 Å². The van der Waals surface area contributed by atoms with E-state index in [0.29, 0.717) is 12.1 Å². The minimum absolute atomic E-state index is 0.420. The summed E-state index contributed by atoms with van der Waals surface area (Å²) in [6.45, 7) is 10.4. The molecule has 0 aromatic rings. The van der Waals surface area contributed by atoms with Crippen LogP contribution in [0.25, 0.3) is 0 Å². The molecule has 0 aliphatic heterocycles. The number of hydrogen-bond acceptors (Lipinski definition) is 2. The molecule has 0 saturated carbocycles. The Bertz CT molecular complexity index is 93.8. The molecular weight excluding hydrogens is 150 g/mol. The van der Waals surface area contributed by atoms with Crippen molar-refractivity contribution in [3.8, 4) is 0 Å². The van der Waals surface area contributed by atoms with Gasteiger partial charge in [0, 0.05) is 12.6 Å². The summed E-state index contributed by atoms with van der Waals surface area (Å²) < 4.78 is 5.57. The summed E-state index contributed by atoms with van der Waals surface area (Å²) in [4.78, 5) is 0. The van der Waals surface area contributed by atoms with Crippen LogP contribution in [0.3, 0.4) is 0 Å². The van der Waals surface area contributed by atoms with Crippen molar-refractivity contribution in [3.05, 3.63) is 0 Å². The minimum atomic E-state index is 0.420. The first-order valence-electron chi connectivity index (χ1n) is 5.01. The van der Waals surface area contributed by atoms with Crippen LogP contribution >= 0.6 is 0 Å². The molecule has 0 heterocycles. The van der Waals surface area contributed by atoms with E-state index in [-0.39, 0.29) is 0 Å². The molecule has 0 aliphatic rings. The van der Waals surface area contributed by atoms with E-state index < -0.39 is 0 Å². The van der Waals surface area contributed by atoms with E-state index >= 15 is 0 Å². The van der Waals surface area contributed by atoms with Crippen molar-refractivity contribution in [1.29, 1.82) is 0 Å². The maximum Gasteiger partial charge on any atom is 0.0594 e. The largest absolute Gasteiger partial charge is 0.377 e. The second-order valence-corrected chi connectivity index (χ2v) is 3.58. The molecule has 0 aromatic heterocycles. The molecule has 0 radical (unpaired) electrons. The fourth-order valence-electron chi connectivity index (χ4n) is 1.10. The Kier molecular flexibility index (Phi) is 7.51. The highest BCUT2D eigenvalue weighted by molar-refractivity contribution is 4.53. The third kappa shape index (κ3) is 8.02. The highest BCUT2D eigenvalue weighted by Gasteiger charge is 1.99. The molecule has 1 atom stereocenters. The van der Waals surface area contributed by atoms with E-state index in [0.717, 1.165) is 13.2 Å². The van der Waals surface area contributed by atoms with Gasteiger partial charge in [-0.3, -0.25) is 0 Å². The van der Waals surface area contributed by atoms with Gasteiger partial charge >= 0.3 is 0 Å². The summed E-state index contributed by atoms with van der Waals surface area (Å²) in [6.07, 6.45) is 2.80. The average molecular weight is 173 g/mol. The van der Waals surface area contributed by atoms with Crippen LogP contribution < -0.4 is 5.32 Å². The molecule has 0 rings (SSSR count). The maximum absolute atomic E-state index is 5.57. The van der Waals surface area contributed by atoms with E-state index in [1.54, 1.807) is 0 Å². The number of nitrogens with one attached hydrogen (secondary N) is 1. The van der Waals surface area contributed by atoms with Gasteiger partial charge in [0.05, 0.1) is 12.7 Å². The lowest BCUT2D eigenvalue weighted by Gasteiger charge is -2.13. The lowest BCUT2D eigenvalue weighted by atomic mass is 10.2. The Balaban J connectivity index is 3.08. The summed E-state index contributed by atoms with van der Waals surface area (Å²) >= 11 is 0. The first-order valence-corrected chi connectivity index (χ1v) is 5.01. The van der Waals surface area contributed by atoms with Gasteiger partial charge in [-0.2, -0.15) is 0 Å². The zero-order valence-electron chi connectivity index (χ0n) is 8.89. The van der Waals surface area contributed by atoms with Gasteiger partial charge in [-0.05, 0) is 13.3 Å². The first-order chi connectivity index (χ1) is 5.66. The Labute approximate surface area is 76.7 Å². The van der Waals surface area contributed by atoms with Crippen molar-refractivity contribution in [1.82, 2.24) is 5.32 Å². The van der Waals surface area contributed by atoms with Crippen molar-refractivity contribution < 1.29 is 4.74 Å². The fourth-order valence-corrected chi connectivity index (χ4v) is 1.10. The van der Waals surface area contributed by atoms with Crippen LogP contribution in [-0.4, -0.2) is 25.3 Å². The normalized spacial score (nSPS) is 13.8. The third-order valence-corrected chi connectivity index (χ3v) is 1.75. The SMILES string of the molecule is CCCC(C)OCCNC(C)C. The molecule has 1 unspecified atom stereocenters. The smallest absolute Gasteiger partial charge is 0.0594 e. The Morgan fingerprint density at radius 1 is 1.25 bits per heavy atom. The van der Waals surface area contributed by atoms with Crippen LogP contribution in [0.15, 0.2) is 0 Å². The molecule has 0 spiro atoms. The van der Waals surface area contributed by atoms with E-state index in [9.17, 15) is 0 Å². The summed E-state index contributed by atoms with van der Waals surface area (Å²) in [6, 6.07) is 0.565. The maximum atomic E-state index is 5.57. The lowest BCUT2D eigenvalue weighted by molar-refractivity contribution is 0.0610. The van der Waals surface area contributed by atoms with E-state index in [1.807, 2.05) is 0 Å². The summed E-state index contributed by atoms with van der Waals surface area (Å²) in [5.74, 6) is 0. The highest BCUT2D eigenvalue weighted by atomic mass is 16.5. The Morgan fingerprint density at radius 2 is 1.92 bits per heavy atom. The van der Waals surface area contributed by atoms with Crippen molar-refractivity contribution in [3.63, 3.8) is 0 Å². The minimum Gasteiger partial charge on any atom is -0.377 e. The second kappa shape index (κ2) is 7.56. The molecular formula is C10H23NO. The topological polar surface area (TPSA) is 21.3 Å².